The largest absolute Gasteiger partial charge is 0.391 e. The molecule has 1 aliphatic carbocycles. The standard InChI is InChI=1S/C25H44N4O3/c1-5-25(4,21(3)30)29-15-13-26(14-16-29)24(32)19-27-11-12-28(18-20(27)2)23(31)17-22-9-7-6-8-10-22/h5,20-22,30H,1,6-19H2,2-4H3/t20-,21-,25?/m1/s1. The van der Waals surface area contributed by atoms with Crippen LogP contribution in [0, 0.1) is 5.92 Å². The van der Waals surface area contributed by atoms with E-state index in [0.717, 1.165) is 32.7 Å². The van der Waals surface area contributed by atoms with Gasteiger partial charge in [0, 0.05) is 58.3 Å². The summed E-state index contributed by atoms with van der Waals surface area (Å²) in [6.45, 7) is 15.3. The van der Waals surface area contributed by atoms with Gasteiger partial charge in [0.1, 0.15) is 0 Å². The van der Waals surface area contributed by atoms with E-state index in [1.54, 1.807) is 6.92 Å². The highest BCUT2D eigenvalue weighted by atomic mass is 16.3. The Hall–Kier alpha value is -1.44. The maximum atomic E-state index is 13.0. The van der Waals surface area contributed by atoms with Crippen LogP contribution in [0.3, 0.4) is 0 Å². The zero-order chi connectivity index (χ0) is 23.3. The van der Waals surface area contributed by atoms with Crippen molar-refractivity contribution < 1.29 is 14.7 Å². The van der Waals surface area contributed by atoms with Crippen molar-refractivity contribution in [3.8, 4) is 0 Å². The van der Waals surface area contributed by atoms with E-state index in [0.29, 0.717) is 37.9 Å². The van der Waals surface area contributed by atoms with Crippen LogP contribution in [0.25, 0.3) is 0 Å². The summed E-state index contributed by atoms with van der Waals surface area (Å²) < 4.78 is 0. The minimum absolute atomic E-state index is 0.163. The molecule has 182 valence electrons. The van der Waals surface area contributed by atoms with Crippen LogP contribution in [0.2, 0.25) is 0 Å². The van der Waals surface area contributed by atoms with Crippen LogP contribution < -0.4 is 0 Å². The number of carbonyl (C=O) groups is 2. The molecule has 3 rings (SSSR count). The van der Waals surface area contributed by atoms with Gasteiger partial charge in [-0.25, -0.2) is 0 Å². The maximum Gasteiger partial charge on any atom is 0.236 e. The van der Waals surface area contributed by atoms with Crippen LogP contribution in [0.5, 0.6) is 0 Å². The van der Waals surface area contributed by atoms with Crippen LogP contribution in [0.1, 0.15) is 59.3 Å². The third kappa shape index (κ3) is 5.91. The summed E-state index contributed by atoms with van der Waals surface area (Å²) in [7, 11) is 0. The van der Waals surface area contributed by atoms with Gasteiger partial charge in [0.05, 0.1) is 18.2 Å². The van der Waals surface area contributed by atoms with E-state index in [1.807, 2.05) is 22.8 Å². The molecule has 3 atom stereocenters. The molecule has 3 aliphatic rings. The molecule has 2 amide bonds. The van der Waals surface area contributed by atoms with Crippen LogP contribution in [-0.2, 0) is 9.59 Å². The first kappa shape index (κ1) is 25.2. The molecule has 1 saturated carbocycles. The van der Waals surface area contributed by atoms with E-state index in [-0.39, 0.29) is 11.9 Å². The third-order valence-corrected chi connectivity index (χ3v) is 8.22. The molecule has 7 heteroatoms. The first-order chi connectivity index (χ1) is 15.2. The van der Waals surface area contributed by atoms with E-state index in [4.69, 9.17) is 0 Å². The average molecular weight is 449 g/mol. The molecule has 0 bridgehead atoms. The van der Waals surface area contributed by atoms with Gasteiger partial charge in [0.2, 0.25) is 11.8 Å². The van der Waals surface area contributed by atoms with Gasteiger partial charge in [0.15, 0.2) is 0 Å². The highest BCUT2D eigenvalue weighted by molar-refractivity contribution is 5.79. The summed E-state index contributed by atoms with van der Waals surface area (Å²) in [5, 5.41) is 10.2. The third-order valence-electron chi connectivity index (χ3n) is 8.22. The number of aliphatic hydroxyl groups excluding tert-OH is 1. The van der Waals surface area contributed by atoms with Gasteiger partial charge in [-0.05, 0) is 39.5 Å². The van der Waals surface area contributed by atoms with Gasteiger partial charge in [-0.2, -0.15) is 0 Å². The fourth-order valence-electron chi connectivity index (χ4n) is 5.50. The predicted molar refractivity (Wildman–Crippen MR) is 127 cm³/mol. The molecular weight excluding hydrogens is 404 g/mol. The number of piperazine rings is 2. The first-order valence-electron chi connectivity index (χ1n) is 12.6. The molecule has 0 aromatic carbocycles. The fourth-order valence-corrected chi connectivity index (χ4v) is 5.50. The lowest BCUT2D eigenvalue weighted by Gasteiger charge is -2.46. The van der Waals surface area contributed by atoms with E-state index >= 15 is 0 Å². The van der Waals surface area contributed by atoms with E-state index in [2.05, 4.69) is 23.3 Å². The Balaban J connectivity index is 1.43. The van der Waals surface area contributed by atoms with E-state index in [1.165, 1.54) is 32.1 Å². The molecule has 2 saturated heterocycles. The van der Waals surface area contributed by atoms with Crippen molar-refractivity contribution in [2.24, 2.45) is 5.92 Å². The molecule has 2 heterocycles. The Morgan fingerprint density at radius 1 is 1.03 bits per heavy atom. The second kappa shape index (κ2) is 11.1. The summed E-state index contributed by atoms with van der Waals surface area (Å²) in [5.74, 6) is 1.03. The van der Waals surface area contributed by atoms with Gasteiger partial charge in [-0.15, -0.1) is 6.58 Å². The van der Waals surface area contributed by atoms with Crippen molar-refractivity contribution in [3.05, 3.63) is 12.7 Å². The van der Waals surface area contributed by atoms with Gasteiger partial charge in [-0.1, -0.05) is 25.3 Å². The maximum absolute atomic E-state index is 13.0. The quantitative estimate of drug-likeness (QED) is 0.603. The second-order valence-corrected chi connectivity index (χ2v) is 10.3. The van der Waals surface area contributed by atoms with Crippen LogP contribution in [-0.4, -0.2) is 107 Å². The lowest BCUT2D eigenvalue weighted by molar-refractivity contribution is -0.139. The SMILES string of the molecule is C=CC(C)([C@@H](C)O)N1CCN(C(=O)CN2CCN(C(=O)CC3CCCCC3)C[C@H]2C)CC1. The Kier molecular flexibility index (Phi) is 8.75. The van der Waals surface area contributed by atoms with Crippen LogP contribution in [0.4, 0.5) is 0 Å². The number of rotatable bonds is 7. The number of carbonyl (C=O) groups excluding carboxylic acids is 2. The first-order valence-corrected chi connectivity index (χ1v) is 12.6. The number of aliphatic hydroxyl groups is 1. The van der Waals surface area contributed by atoms with Gasteiger partial charge in [0.25, 0.3) is 0 Å². The lowest BCUT2D eigenvalue weighted by atomic mass is 9.86. The van der Waals surface area contributed by atoms with Crippen molar-refractivity contribution in [3.63, 3.8) is 0 Å². The second-order valence-electron chi connectivity index (χ2n) is 10.3. The van der Waals surface area contributed by atoms with Crippen molar-refractivity contribution in [1.29, 1.82) is 0 Å². The number of nitrogens with zero attached hydrogens (tertiary/aromatic N) is 4. The van der Waals surface area contributed by atoms with Gasteiger partial charge < -0.3 is 14.9 Å². The molecule has 32 heavy (non-hydrogen) atoms. The Morgan fingerprint density at radius 2 is 1.66 bits per heavy atom. The van der Waals surface area contributed by atoms with Crippen molar-refractivity contribution in [1.82, 2.24) is 19.6 Å². The summed E-state index contributed by atoms with van der Waals surface area (Å²) in [6.07, 6.45) is 8.25. The Morgan fingerprint density at radius 3 is 2.22 bits per heavy atom. The minimum atomic E-state index is -0.514. The predicted octanol–water partition coefficient (Wildman–Crippen LogP) is 1.96. The van der Waals surface area contributed by atoms with E-state index in [9.17, 15) is 14.7 Å². The van der Waals surface area contributed by atoms with Crippen LogP contribution in [0.15, 0.2) is 12.7 Å². The molecule has 0 radical (unpaired) electrons. The minimum Gasteiger partial charge on any atom is -0.391 e. The fraction of sp³-hybridized carbons (Fsp3) is 0.840. The summed E-state index contributed by atoms with van der Waals surface area (Å²) in [5.41, 5.74) is -0.468. The van der Waals surface area contributed by atoms with Crippen molar-refractivity contribution in [2.45, 2.75) is 77.0 Å². The van der Waals surface area contributed by atoms with Crippen LogP contribution >= 0.6 is 0 Å². The summed E-state index contributed by atoms with van der Waals surface area (Å²) in [4.78, 5) is 34.1. The summed E-state index contributed by atoms with van der Waals surface area (Å²) >= 11 is 0. The molecule has 3 fully saturated rings. The Bertz CT molecular complexity index is 656. The molecule has 1 unspecified atom stereocenters. The van der Waals surface area contributed by atoms with E-state index < -0.39 is 11.6 Å². The zero-order valence-corrected chi connectivity index (χ0v) is 20.5. The highest BCUT2D eigenvalue weighted by Gasteiger charge is 2.37. The zero-order valence-electron chi connectivity index (χ0n) is 20.5. The number of hydrogen-bond donors (Lipinski definition) is 1. The molecule has 1 N–H and O–H groups in total. The number of amides is 2. The topological polar surface area (TPSA) is 67.3 Å². The lowest BCUT2D eigenvalue weighted by Crippen LogP contribution is -2.61. The van der Waals surface area contributed by atoms with Gasteiger partial charge >= 0.3 is 0 Å². The highest BCUT2D eigenvalue weighted by Crippen LogP contribution is 2.27. The van der Waals surface area contributed by atoms with Crippen molar-refractivity contribution in [2.75, 3.05) is 52.4 Å². The number of hydrogen-bond acceptors (Lipinski definition) is 5. The molecule has 0 aromatic heterocycles. The molecule has 2 aliphatic heterocycles. The average Bonchev–Trinajstić information content (AvgIpc) is 2.80. The Labute approximate surface area is 194 Å². The monoisotopic (exact) mass is 448 g/mol. The summed E-state index contributed by atoms with van der Waals surface area (Å²) in [6, 6.07) is 0.198. The molecule has 7 nitrogen and oxygen atoms in total. The molecule has 0 spiro atoms. The van der Waals surface area contributed by atoms with Gasteiger partial charge in [-0.3, -0.25) is 19.4 Å². The molecule has 0 aromatic rings. The van der Waals surface area contributed by atoms with Crippen molar-refractivity contribution >= 4 is 11.8 Å². The molecular formula is C25H44N4O3. The normalized spacial score (nSPS) is 27.1. The smallest absolute Gasteiger partial charge is 0.236 e.